The van der Waals surface area contributed by atoms with Crippen LogP contribution in [0.2, 0.25) is 0 Å². The number of fused-ring (bicyclic) bond motifs is 6. The highest BCUT2D eigenvalue weighted by atomic mass is 28.4. The van der Waals surface area contributed by atoms with Crippen molar-refractivity contribution in [3.8, 4) is 0 Å². The zero-order valence-electron chi connectivity index (χ0n) is 17.2. The molecule has 1 fully saturated rings. The average Bonchev–Trinajstić information content (AvgIpc) is 2.85. The molecule has 1 heterocycles. The number of hydrogen-bond donors (Lipinski definition) is 3. The van der Waals surface area contributed by atoms with Crippen molar-refractivity contribution in [2.24, 2.45) is 0 Å². The number of hydrogen-bond acceptors (Lipinski definition) is 3. The van der Waals surface area contributed by atoms with Crippen LogP contribution in [-0.4, -0.2) is 28.8 Å². The second-order valence-corrected chi connectivity index (χ2v) is 13.1. The Hall–Kier alpha value is -2.85. The molecule has 3 nitrogen and oxygen atoms in total. The summed E-state index contributed by atoms with van der Waals surface area (Å²) in [4.78, 5) is 0. The van der Waals surface area contributed by atoms with Crippen molar-refractivity contribution in [1.82, 2.24) is 13.9 Å². The van der Waals surface area contributed by atoms with E-state index in [1.54, 1.807) is 0 Å². The van der Waals surface area contributed by atoms with E-state index in [0.717, 1.165) is 0 Å². The molecule has 6 aromatic rings. The molecule has 3 N–H and O–H groups in total. The summed E-state index contributed by atoms with van der Waals surface area (Å²) in [5, 5.41) is 14.5. The van der Waals surface area contributed by atoms with Crippen molar-refractivity contribution in [1.29, 1.82) is 0 Å². The summed E-state index contributed by atoms with van der Waals surface area (Å²) in [6.45, 7) is 0. The lowest BCUT2D eigenvalue weighted by Gasteiger charge is -2.23. The summed E-state index contributed by atoms with van der Waals surface area (Å²) >= 11 is 0. The smallest absolute Gasteiger partial charge is 0.248 e. The molecule has 0 bridgehead atoms. The molecule has 0 aliphatic carbocycles. The van der Waals surface area contributed by atoms with Gasteiger partial charge in [0.2, 0.25) is 28.8 Å². The van der Waals surface area contributed by atoms with Gasteiger partial charge in [0.25, 0.3) is 0 Å². The number of nitrogens with one attached hydrogen (secondary N) is 3. The minimum absolute atomic E-state index is 0.625. The van der Waals surface area contributed by atoms with Crippen molar-refractivity contribution < 1.29 is 0 Å². The molecule has 32 heavy (non-hydrogen) atoms. The van der Waals surface area contributed by atoms with E-state index in [4.69, 9.17) is 0 Å². The zero-order chi connectivity index (χ0) is 21.1. The molecular formula is C26H18N3Si3. The molecule has 0 saturated carbocycles. The van der Waals surface area contributed by atoms with Gasteiger partial charge >= 0.3 is 0 Å². The van der Waals surface area contributed by atoms with Crippen molar-refractivity contribution in [2.75, 3.05) is 0 Å². The van der Waals surface area contributed by atoms with Gasteiger partial charge in [-0.1, -0.05) is 54.6 Å². The summed E-state index contributed by atoms with van der Waals surface area (Å²) in [7, 11) is 0.303. The lowest BCUT2D eigenvalue weighted by atomic mass is 9.95. The van der Waals surface area contributed by atoms with Gasteiger partial charge in [0.1, 0.15) is 0 Å². The minimum Gasteiger partial charge on any atom is -0.337 e. The Balaban J connectivity index is 1.49. The first kappa shape index (κ1) is 18.7. The highest BCUT2D eigenvalue weighted by Crippen LogP contribution is 2.33. The average molecular weight is 457 g/mol. The summed E-state index contributed by atoms with van der Waals surface area (Å²) in [6.07, 6.45) is 0. The summed E-state index contributed by atoms with van der Waals surface area (Å²) in [5.74, 6) is 0. The first-order valence-electron chi connectivity index (χ1n) is 10.7. The van der Waals surface area contributed by atoms with Crippen LogP contribution in [0.3, 0.4) is 0 Å². The topological polar surface area (TPSA) is 36.1 Å². The summed E-state index contributed by atoms with van der Waals surface area (Å²) in [5.41, 5.74) is 0. The minimum atomic E-state index is -0.947. The van der Waals surface area contributed by atoms with Crippen molar-refractivity contribution in [3.05, 3.63) is 91.0 Å². The Labute approximate surface area is 192 Å². The maximum Gasteiger partial charge on any atom is 0.248 e. The lowest BCUT2D eigenvalue weighted by molar-refractivity contribution is 1.25. The highest BCUT2D eigenvalue weighted by molar-refractivity contribution is 6.84. The zero-order valence-corrected chi connectivity index (χ0v) is 20.2. The highest BCUT2D eigenvalue weighted by Gasteiger charge is 2.21. The van der Waals surface area contributed by atoms with Gasteiger partial charge in [0.15, 0.2) is 0 Å². The van der Waals surface area contributed by atoms with Crippen molar-refractivity contribution >= 4 is 87.9 Å². The van der Waals surface area contributed by atoms with Gasteiger partial charge in [0.05, 0.1) is 0 Å². The Bertz CT molecular complexity index is 1680. The maximum atomic E-state index is 3.65. The van der Waals surface area contributed by atoms with E-state index >= 15 is 0 Å². The van der Waals surface area contributed by atoms with Crippen LogP contribution in [0.1, 0.15) is 0 Å². The first-order valence-corrected chi connectivity index (χ1v) is 14.2. The summed E-state index contributed by atoms with van der Waals surface area (Å²) < 4.78 is 10.7. The van der Waals surface area contributed by atoms with Crippen LogP contribution in [0.25, 0.3) is 53.9 Å². The third-order valence-corrected chi connectivity index (χ3v) is 11.4. The molecule has 1 aliphatic rings. The molecular weight excluding hydrogens is 439 g/mol. The van der Waals surface area contributed by atoms with Gasteiger partial charge in [-0.2, -0.15) is 0 Å². The Morgan fingerprint density at radius 1 is 0.469 bits per heavy atom. The SMILES string of the molecule is c1ccc2cc3cc4c(ccc5cc6c([Si]7N[Si]N[Si]N7)cccc6cc54)cc3cc2c1. The van der Waals surface area contributed by atoms with Crippen LogP contribution in [0.5, 0.6) is 0 Å². The molecule has 149 valence electrons. The Kier molecular flexibility index (Phi) is 4.29. The van der Waals surface area contributed by atoms with Crippen LogP contribution >= 0.6 is 0 Å². The third-order valence-electron chi connectivity index (χ3n) is 6.43. The molecule has 0 amide bonds. The third kappa shape index (κ3) is 2.96. The van der Waals surface area contributed by atoms with Crippen LogP contribution in [0.4, 0.5) is 0 Å². The van der Waals surface area contributed by atoms with Crippen molar-refractivity contribution in [2.45, 2.75) is 0 Å². The molecule has 6 heteroatoms. The Morgan fingerprint density at radius 2 is 1.00 bits per heavy atom. The number of rotatable bonds is 1. The van der Waals surface area contributed by atoms with E-state index in [1.807, 2.05) is 0 Å². The quantitative estimate of drug-likeness (QED) is 0.199. The van der Waals surface area contributed by atoms with Crippen molar-refractivity contribution in [3.63, 3.8) is 0 Å². The van der Waals surface area contributed by atoms with Gasteiger partial charge in [0, 0.05) is 0 Å². The van der Waals surface area contributed by atoms with Crippen LogP contribution in [0.15, 0.2) is 91.0 Å². The van der Waals surface area contributed by atoms with Gasteiger partial charge in [-0.15, -0.1) is 0 Å². The monoisotopic (exact) mass is 456 g/mol. The van der Waals surface area contributed by atoms with E-state index in [2.05, 4.69) is 105 Å². The number of benzene rings is 6. The molecule has 0 atom stereocenters. The molecule has 5 radical (unpaired) electrons. The predicted molar refractivity (Wildman–Crippen MR) is 140 cm³/mol. The molecule has 0 unspecified atom stereocenters. The lowest BCUT2D eigenvalue weighted by Crippen LogP contribution is -2.68. The fraction of sp³-hybridized carbons (Fsp3) is 0. The maximum absolute atomic E-state index is 3.65. The van der Waals surface area contributed by atoms with Crippen LogP contribution in [-0.2, 0) is 0 Å². The molecule has 0 spiro atoms. The van der Waals surface area contributed by atoms with Gasteiger partial charge in [-0.25, -0.2) is 0 Å². The van der Waals surface area contributed by atoms with E-state index in [9.17, 15) is 0 Å². The van der Waals surface area contributed by atoms with Gasteiger partial charge < -0.3 is 13.9 Å². The van der Waals surface area contributed by atoms with E-state index in [-0.39, 0.29) is 0 Å². The van der Waals surface area contributed by atoms with E-state index in [1.165, 1.54) is 59.0 Å². The normalized spacial score (nSPS) is 15.4. The summed E-state index contributed by atoms with van der Waals surface area (Å²) in [6, 6.07) is 34.0. The van der Waals surface area contributed by atoms with Crippen LogP contribution < -0.4 is 19.1 Å². The molecule has 1 aliphatic heterocycles. The Morgan fingerprint density at radius 3 is 1.75 bits per heavy atom. The van der Waals surface area contributed by atoms with E-state index < -0.39 is 9.12 Å². The predicted octanol–water partition coefficient (Wildman–Crippen LogP) is 4.00. The van der Waals surface area contributed by atoms with E-state index in [0.29, 0.717) is 19.7 Å². The molecule has 1 saturated heterocycles. The fourth-order valence-electron chi connectivity index (χ4n) is 4.88. The second-order valence-electron chi connectivity index (χ2n) is 8.29. The second kappa shape index (κ2) is 7.35. The molecule has 7 rings (SSSR count). The molecule has 6 aromatic carbocycles. The first-order chi connectivity index (χ1) is 15.8. The van der Waals surface area contributed by atoms with Gasteiger partial charge in [-0.05, 0) is 95.4 Å². The largest absolute Gasteiger partial charge is 0.337 e. The molecule has 0 aromatic heterocycles. The fourth-order valence-corrected chi connectivity index (χ4v) is 10.4. The van der Waals surface area contributed by atoms with Gasteiger partial charge in [-0.3, -0.25) is 0 Å². The standard InChI is InChI=1S/C26H18N3Si3/c1-2-5-17-11-22-15-24-19(12-21(22)10-16(17)4-1)8-9-20-14-25-18(13-23(20)24)6-3-7-26(25)32-28-30-27-31-29-32/h1-15,27-29H. The van der Waals surface area contributed by atoms with Crippen LogP contribution in [0, 0.1) is 0 Å².